The van der Waals surface area contributed by atoms with Gasteiger partial charge in [-0.05, 0) is 17.5 Å². The highest BCUT2D eigenvalue weighted by atomic mass is 35.5. The number of amides is 3. The number of rotatable bonds is 6. The van der Waals surface area contributed by atoms with Crippen LogP contribution in [0.25, 0.3) is 0 Å². The number of carbonyl (C=O) groups excluding carboxylic acids is 2. The summed E-state index contributed by atoms with van der Waals surface area (Å²) < 4.78 is 0.624. The molecule has 116 valence electrons. The Labute approximate surface area is 131 Å². The monoisotopic (exact) mass is 332 g/mol. The maximum atomic E-state index is 11.7. The van der Waals surface area contributed by atoms with Gasteiger partial charge in [0, 0.05) is 11.3 Å². The lowest BCUT2D eigenvalue weighted by Crippen LogP contribution is -2.40. The van der Waals surface area contributed by atoms with Crippen molar-refractivity contribution < 1.29 is 19.5 Å². The molecule has 21 heavy (non-hydrogen) atoms. The van der Waals surface area contributed by atoms with Gasteiger partial charge in [-0.2, -0.15) is 0 Å². The zero-order chi connectivity index (χ0) is 16.0. The topological polar surface area (TPSA) is 95.5 Å². The number of carboxylic acid groups (broad SMARTS) is 1. The van der Waals surface area contributed by atoms with Crippen LogP contribution in [0, 0.1) is 5.41 Å². The third kappa shape index (κ3) is 7.10. The van der Waals surface area contributed by atoms with Crippen molar-refractivity contribution in [3.8, 4) is 0 Å². The molecular weight excluding hydrogens is 316 g/mol. The van der Waals surface area contributed by atoms with Crippen LogP contribution in [-0.2, 0) is 16.1 Å². The number of halogens is 1. The van der Waals surface area contributed by atoms with E-state index in [1.807, 2.05) is 0 Å². The van der Waals surface area contributed by atoms with Gasteiger partial charge in [-0.25, -0.2) is 4.79 Å². The second kappa shape index (κ2) is 7.42. The van der Waals surface area contributed by atoms with E-state index >= 15 is 0 Å². The third-order valence-electron chi connectivity index (χ3n) is 2.57. The Hall–Kier alpha value is -1.60. The summed E-state index contributed by atoms with van der Waals surface area (Å²) in [5, 5.41) is 13.4. The second-order valence-electron chi connectivity index (χ2n) is 5.35. The lowest BCUT2D eigenvalue weighted by atomic mass is 9.85. The summed E-state index contributed by atoms with van der Waals surface area (Å²) in [5.41, 5.74) is -0.711. The zero-order valence-corrected chi connectivity index (χ0v) is 13.3. The summed E-state index contributed by atoms with van der Waals surface area (Å²) in [6.45, 7) is 3.59. The molecule has 0 aliphatic heterocycles. The third-order valence-corrected chi connectivity index (χ3v) is 3.81. The van der Waals surface area contributed by atoms with Gasteiger partial charge >= 0.3 is 12.0 Å². The molecule has 0 radical (unpaired) electrons. The molecule has 1 aromatic rings. The van der Waals surface area contributed by atoms with Crippen molar-refractivity contribution >= 4 is 40.8 Å². The molecule has 0 spiro atoms. The SMILES string of the molecule is CC(C)(CC(=O)O)CC(=O)NC(=O)NCc1ccc(Cl)s1. The molecule has 3 N–H and O–H groups in total. The molecule has 1 rings (SSSR count). The normalized spacial score (nSPS) is 11.0. The smallest absolute Gasteiger partial charge is 0.321 e. The van der Waals surface area contributed by atoms with Crippen LogP contribution >= 0.6 is 22.9 Å². The number of nitrogens with one attached hydrogen (secondary N) is 2. The Morgan fingerprint density at radius 1 is 1.29 bits per heavy atom. The summed E-state index contributed by atoms with van der Waals surface area (Å²) in [4.78, 5) is 34.8. The Morgan fingerprint density at radius 3 is 2.48 bits per heavy atom. The summed E-state index contributed by atoms with van der Waals surface area (Å²) in [6, 6.07) is 2.89. The van der Waals surface area contributed by atoms with E-state index in [1.165, 1.54) is 11.3 Å². The van der Waals surface area contributed by atoms with E-state index in [9.17, 15) is 14.4 Å². The van der Waals surface area contributed by atoms with E-state index in [0.29, 0.717) is 4.34 Å². The maximum Gasteiger partial charge on any atom is 0.321 e. The summed E-state index contributed by atoms with van der Waals surface area (Å²) in [5.74, 6) is -1.49. The molecule has 0 saturated carbocycles. The van der Waals surface area contributed by atoms with E-state index < -0.39 is 23.3 Å². The van der Waals surface area contributed by atoms with Gasteiger partial charge in [0.25, 0.3) is 0 Å². The van der Waals surface area contributed by atoms with Crippen LogP contribution in [0.5, 0.6) is 0 Å². The van der Waals surface area contributed by atoms with Crippen molar-refractivity contribution in [1.29, 1.82) is 0 Å². The van der Waals surface area contributed by atoms with Crippen LogP contribution in [-0.4, -0.2) is 23.0 Å². The molecule has 3 amide bonds. The van der Waals surface area contributed by atoms with Crippen LogP contribution in [0.2, 0.25) is 4.34 Å². The number of imide groups is 1. The minimum absolute atomic E-state index is 0.0441. The van der Waals surface area contributed by atoms with Gasteiger partial charge in [0.05, 0.1) is 17.3 Å². The number of hydrogen-bond donors (Lipinski definition) is 3. The first-order chi connectivity index (χ1) is 9.68. The first kappa shape index (κ1) is 17.5. The average Bonchev–Trinajstić information content (AvgIpc) is 2.69. The quantitative estimate of drug-likeness (QED) is 0.746. The Balaban J connectivity index is 2.36. The van der Waals surface area contributed by atoms with Gasteiger partial charge in [-0.3, -0.25) is 14.9 Å². The van der Waals surface area contributed by atoms with Crippen molar-refractivity contribution in [1.82, 2.24) is 10.6 Å². The summed E-state index contributed by atoms with van der Waals surface area (Å²) >= 11 is 7.10. The van der Waals surface area contributed by atoms with E-state index in [0.717, 1.165) is 4.88 Å². The minimum Gasteiger partial charge on any atom is -0.481 e. The Kier molecular flexibility index (Phi) is 6.17. The van der Waals surface area contributed by atoms with E-state index in [2.05, 4.69) is 10.6 Å². The molecule has 0 bridgehead atoms. The molecule has 1 heterocycles. The molecule has 6 nitrogen and oxygen atoms in total. The van der Waals surface area contributed by atoms with E-state index in [-0.39, 0.29) is 19.4 Å². The van der Waals surface area contributed by atoms with Gasteiger partial charge in [-0.15, -0.1) is 11.3 Å². The molecule has 1 aromatic heterocycles. The van der Waals surface area contributed by atoms with Gasteiger partial charge < -0.3 is 10.4 Å². The summed E-state index contributed by atoms with van der Waals surface area (Å²) in [7, 11) is 0. The van der Waals surface area contributed by atoms with Crippen LogP contribution in [0.4, 0.5) is 4.79 Å². The summed E-state index contributed by atoms with van der Waals surface area (Å²) in [6.07, 6.45) is -0.187. The van der Waals surface area contributed by atoms with Crippen LogP contribution in [0.15, 0.2) is 12.1 Å². The molecule has 0 saturated heterocycles. The van der Waals surface area contributed by atoms with Crippen molar-refractivity contribution in [3.63, 3.8) is 0 Å². The van der Waals surface area contributed by atoms with Crippen molar-refractivity contribution in [2.45, 2.75) is 33.2 Å². The molecule has 0 unspecified atom stereocenters. The van der Waals surface area contributed by atoms with Gasteiger partial charge in [-0.1, -0.05) is 25.4 Å². The fraction of sp³-hybridized carbons (Fsp3) is 0.462. The van der Waals surface area contributed by atoms with E-state index in [1.54, 1.807) is 26.0 Å². The van der Waals surface area contributed by atoms with Crippen molar-refractivity contribution in [2.24, 2.45) is 5.41 Å². The highest BCUT2D eigenvalue weighted by molar-refractivity contribution is 7.16. The first-order valence-corrected chi connectivity index (χ1v) is 7.41. The molecule has 0 fully saturated rings. The molecule has 0 atom stereocenters. The Morgan fingerprint density at radius 2 is 1.95 bits per heavy atom. The Bertz CT molecular complexity index is 542. The average molecular weight is 333 g/mol. The zero-order valence-electron chi connectivity index (χ0n) is 11.7. The minimum atomic E-state index is -0.980. The number of urea groups is 1. The lowest BCUT2D eigenvalue weighted by molar-refractivity contribution is -0.139. The molecular formula is C13H17ClN2O4S. The number of hydrogen-bond acceptors (Lipinski definition) is 4. The highest BCUT2D eigenvalue weighted by Crippen LogP contribution is 2.24. The molecule has 0 aromatic carbocycles. The van der Waals surface area contributed by atoms with Crippen molar-refractivity contribution in [3.05, 3.63) is 21.3 Å². The molecule has 0 aliphatic rings. The molecule has 8 heteroatoms. The first-order valence-electron chi connectivity index (χ1n) is 6.22. The maximum absolute atomic E-state index is 11.7. The number of carboxylic acids is 1. The fourth-order valence-electron chi connectivity index (χ4n) is 1.74. The number of thiophene rings is 1. The number of aliphatic carboxylic acids is 1. The van der Waals surface area contributed by atoms with Crippen molar-refractivity contribution in [2.75, 3.05) is 0 Å². The number of carbonyl (C=O) groups is 3. The van der Waals surface area contributed by atoms with Crippen LogP contribution < -0.4 is 10.6 Å². The van der Waals surface area contributed by atoms with Crippen LogP contribution in [0.1, 0.15) is 31.6 Å². The van der Waals surface area contributed by atoms with E-state index in [4.69, 9.17) is 16.7 Å². The predicted molar refractivity (Wildman–Crippen MR) is 80.4 cm³/mol. The van der Waals surface area contributed by atoms with Gasteiger partial charge in [0.2, 0.25) is 5.91 Å². The standard InChI is InChI=1S/C13H17ClN2O4S/c1-13(2,6-11(18)19)5-10(17)16-12(20)15-7-8-3-4-9(14)21-8/h3-4H,5-7H2,1-2H3,(H,18,19)(H2,15,16,17,20). The van der Waals surface area contributed by atoms with Crippen LogP contribution in [0.3, 0.4) is 0 Å². The fourth-order valence-corrected chi connectivity index (χ4v) is 2.76. The van der Waals surface area contributed by atoms with Gasteiger partial charge in [0.1, 0.15) is 0 Å². The largest absolute Gasteiger partial charge is 0.481 e. The highest BCUT2D eigenvalue weighted by Gasteiger charge is 2.25. The predicted octanol–water partition coefficient (Wildman–Crippen LogP) is 2.62. The second-order valence-corrected chi connectivity index (χ2v) is 7.15. The van der Waals surface area contributed by atoms with Gasteiger partial charge in [0.15, 0.2) is 0 Å². The lowest BCUT2D eigenvalue weighted by Gasteiger charge is -2.21. The molecule has 0 aliphatic carbocycles.